The van der Waals surface area contributed by atoms with Gasteiger partial charge in [-0.25, -0.2) is 13.1 Å². The number of thiophene rings is 1. The normalized spacial score (nSPS) is 20.9. The Kier molecular flexibility index (Phi) is 4.48. The van der Waals surface area contributed by atoms with Crippen molar-refractivity contribution in [1.29, 1.82) is 0 Å². The smallest absolute Gasteiger partial charge is 0.250 e. The van der Waals surface area contributed by atoms with Crippen LogP contribution in [0.2, 0.25) is 0 Å². The highest BCUT2D eigenvalue weighted by atomic mass is 32.2. The van der Waals surface area contributed by atoms with Gasteiger partial charge in [0.2, 0.25) is 10.0 Å². The average molecular weight is 292 g/mol. The van der Waals surface area contributed by atoms with E-state index in [2.05, 4.69) is 4.72 Å². The summed E-state index contributed by atoms with van der Waals surface area (Å²) >= 11 is 3.13. The van der Waals surface area contributed by atoms with Gasteiger partial charge in [0, 0.05) is 18.0 Å². The van der Waals surface area contributed by atoms with Gasteiger partial charge in [-0.3, -0.25) is 0 Å². The molecule has 96 valence electrons. The summed E-state index contributed by atoms with van der Waals surface area (Å²) in [5, 5.41) is 0. The van der Waals surface area contributed by atoms with Gasteiger partial charge in [-0.15, -0.1) is 11.3 Å². The van der Waals surface area contributed by atoms with Gasteiger partial charge < -0.3 is 5.73 Å². The molecular weight excluding hydrogens is 276 g/mol. The Morgan fingerprint density at radius 3 is 2.88 bits per heavy atom. The molecule has 1 atom stereocenters. The van der Waals surface area contributed by atoms with Gasteiger partial charge in [0.25, 0.3) is 0 Å². The lowest BCUT2D eigenvalue weighted by Gasteiger charge is -2.09. The minimum atomic E-state index is -3.33. The molecule has 1 aromatic heterocycles. The fraction of sp³-hybridized carbons (Fsp3) is 0.600. The van der Waals surface area contributed by atoms with Gasteiger partial charge in [-0.2, -0.15) is 11.8 Å². The maximum atomic E-state index is 12.0. The molecule has 4 nitrogen and oxygen atoms in total. The molecule has 7 heteroatoms. The first kappa shape index (κ1) is 13.4. The maximum absolute atomic E-state index is 12.0. The van der Waals surface area contributed by atoms with E-state index in [1.807, 2.05) is 11.8 Å². The number of hydrogen-bond acceptors (Lipinski definition) is 5. The Morgan fingerprint density at radius 1 is 1.47 bits per heavy atom. The van der Waals surface area contributed by atoms with Crippen LogP contribution < -0.4 is 10.5 Å². The molecule has 0 aromatic carbocycles. The van der Waals surface area contributed by atoms with E-state index in [0.29, 0.717) is 23.2 Å². The second-order valence-corrected chi connectivity index (χ2v) is 8.32. The number of thioether (sulfide) groups is 1. The third-order valence-electron chi connectivity index (χ3n) is 2.69. The Hall–Kier alpha value is -0.0800. The molecule has 17 heavy (non-hydrogen) atoms. The highest BCUT2D eigenvalue weighted by molar-refractivity contribution is 7.99. The van der Waals surface area contributed by atoms with E-state index < -0.39 is 10.0 Å². The molecule has 1 unspecified atom stereocenters. The molecule has 2 heterocycles. The van der Waals surface area contributed by atoms with E-state index >= 15 is 0 Å². The van der Waals surface area contributed by atoms with Gasteiger partial charge in [-0.05, 0) is 36.0 Å². The van der Waals surface area contributed by atoms with Crippen LogP contribution in [0.4, 0.5) is 0 Å². The van der Waals surface area contributed by atoms with Crippen molar-refractivity contribution in [3.63, 3.8) is 0 Å². The number of nitrogens with two attached hydrogens (primary N) is 1. The summed E-state index contributed by atoms with van der Waals surface area (Å²) in [5.74, 6) is 2.67. The summed E-state index contributed by atoms with van der Waals surface area (Å²) < 4.78 is 27.0. The van der Waals surface area contributed by atoms with Crippen molar-refractivity contribution in [2.24, 2.45) is 11.7 Å². The third kappa shape index (κ3) is 3.45. The van der Waals surface area contributed by atoms with Crippen molar-refractivity contribution < 1.29 is 8.42 Å². The molecular formula is C10H16N2O2S3. The minimum Gasteiger partial charge on any atom is -0.326 e. The second-order valence-electron chi connectivity index (χ2n) is 4.01. The monoisotopic (exact) mass is 292 g/mol. The van der Waals surface area contributed by atoms with E-state index in [1.165, 1.54) is 11.3 Å². The zero-order chi connectivity index (χ0) is 12.3. The van der Waals surface area contributed by atoms with Crippen molar-refractivity contribution in [3.05, 3.63) is 17.0 Å². The summed E-state index contributed by atoms with van der Waals surface area (Å²) in [6, 6.07) is 3.39. The van der Waals surface area contributed by atoms with E-state index in [9.17, 15) is 8.42 Å². The Balaban J connectivity index is 1.97. The standard InChI is InChI=1S/C10H16N2O2S3/c11-5-9-1-2-10(16-9)17(13,14)12-6-8-3-4-15-7-8/h1-2,8,12H,3-7,11H2. The maximum Gasteiger partial charge on any atom is 0.250 e. The quantitative estimate of drug-likeness (QED) is 0.856. The van der Waals surface area contributed by atoms with Crippen LogP contribution in [0.5, 0.6) is 0 Å². The predicted molar refractivity (Wildman–Crippen MR) is 72.8 cm³/mol. The summed E-state index contributed by atoms with van der Waals surface area (Å²) in [5.41, 5.74) is 5.47. The van der Waals surface area contributed by atoms with Crippen LogP contribution in [-0.4, -0.2) is 26.5 Å². The number of sulfonamides is 1. The van der Waals surface area contributed by atoms with Crippen molar-refractivity contribution >= 4 is 33.1 Å². The van der Waals surface area contributed by atoms with Gasteiger partial charge in [0.15, 0.2) is 0 Å². The molecule has 1 aromatic rings. The number of rotatable bonds is 5. The molecule has 2 rings (SSSR count). The predicted octanol–water partition coefficient (Wildman–Crippen LogP) is 1.24. The van der Waals surface area contributed by atoms with Crippen molar-refractivity contribution in [3.8, 4) is 0 Å². The minimum absolute atomic E-state index is 0.364. The van der Waals surface area contributed by atoms with E-state index in [-0.39, 0.29) is 0 Å². The molecule has 0 radical (unpaired) electrons. The molecule has 1 saturated heterocycles. The van der Waals surface area contributed by atoms with Gasteiger partial charge in [-0.1, -0.05) is 0 Å². The van der Waals surface area contributed by atoms with Crippen molar-refractivity contribution in [2.75, 3.05) is 18.1 Å². The Morgan fingerprint density at radius 2 is 2.29 bits per heavy atom. The Labute approximate surface area is 110 Å². The molecule has 0 aliphatic carbocycles. The average Bonchev–Trinajstić information content (AvgIpc) is 2.98. The molecule has 1 aliphatic heterocycles. The lowest BCUT2D eigenvalue weighted by molar-refractivity contribution is 0.547. The lowest BCUT2D eigenvalue weighted by Crippen LogP contribution is -2.28. The Bertz CT molecular complexity index is 464. The fourth-order valence-corrected chi connectivity index (χ4v) is 5.34. The molecule has 1 aliphatic rings. The molecule has 0 saturated carbocycles. The van der Waals surface area contributed by atoms with Crippen molar-refractivity contribution in [1.82, 2.24) is 4.72 Å². The summed E-state index contributed by atoms with van der Waals surface area (Å²) in [7, 11) is -3.33. The third-order valence-corrected chi connectivity index (χ3v) is 6.94. The van der Waals surface area contributed by atoms with Crippen LogP contribution in [0.15, 0.2) is 16.3 Å². The summed E-state index contributed by atoms with van der Waals surface area (Å²) in [4.78, 5) is 0.891. The van der Waals surface area contributed by atoms with E-state index in [0.717, 1.165) is 22.8 Å². The van der Waals surface area contributed by atoms with Crippen LogP contribution in [0.25, 0.3) is 0 Å². The largest absolute Gasteiger partial charge is 0.326 e. The summed E-state index contributed by atoms with van der Waals surface area (Å²) in [6.07, 6.45) is 1.10. The van der Waals surface area contributed by atoms with E-state index in [4.69, 9.17) is 5.73 Å². The highest BCUT2D eigenvalue weighted by Gasteiger charge is 2.21. The van der Waals surface area contributed by atoms with Gasteiger partial charge in [0.1, 0.15) is 4.21 Å². The topological polar surface area (TPSA) is 72.2 Å². The van der Waals surface area contributed by atoms with Crippen LogP contribution >= 0.6 is 23.1 Å². The molecule has 0 bridgehead atoms. The van der Waals surface area contributed by atoms with Gasteiger partial charge in [0.05, 0.1) is 0 Å². The lowest BCUT2D eigenvalue weighted by atomic mass is 10.1. The molecule has 0 spiro atoms. The molecule has 3 N–H and O–H groups in total. The number of nitrogens with one attached hydrogen (secondary N) is 1. The van der Waals surface area contributed by atoms with E-state index in [1.54, 1.807) is 12.1 Å². The van der Waals surface area contributed by atoms with Crippen LogP contribution in [0.1, 0.15) is 11.3 Å². The molecule has 0 amide bonds. The fourth-order valence-electron chi connectivity index (χ4n) is 1.66. The van der Waals surface area contributed by atoms with Crippen LogP contribution in [0.3, 0.4) is 0 Å². The highest BCUT2D eigenvalue weighted by Crippen LogP contribution is 2.24. The zero-order valence-corrected chi connectivity index (χ0v) is 11.8. The number of hydrogen-bond donors (Lipinski definition) is 2. The second kappa shape index (κ2) is 5.71. The zero-order valence-electron chi connectivity index (χ0n) is 9.39. The molecule has 1 fully saturated rings. The SMILES string of the molecule is NCc1ccc(S(=O)(=O)NCC2CCSC2)s1. The first-order chi connectivity index (χ1) is 8.12. The van der Waals surface area contributed by atoms with Crippen LogP contribution in [-0.2, 0) is 16.6 Å². The van der Waals surface area contributed by atoms with Gasteiger partial charge >= 0.3 is 0 Å². The first-order valence-corrected chi connectivity index (χ1v) is 8.93. The van der Waals surface area contributed by atoms with Crippen molar-refractivity contribution in [2.45, 2.75) is 17.2 Å². The summed E-state index contributed by atoms with van der Waals surface area (Å²) in [6.45, 7) is 0.935. The van der Waals surface area contributed by atoms with Crippen LogP contribution in [0, 0.1) is 5.92 Å². The first-order valence-electron chi connectivity index (χ1n) is 5.48.